The highest BCUT2D eigenvalue weighted by molar-refractivity contribution is 9.10. The Bertz CT molecular complexity index is 1010. The van der Waals surface area contributed by atoms with Gasteiger partial charge in [0.15, 0.2) is 5.96 Å². The topological polar surface area (TPSA) is 50.9 Å². The molecule has 0 bridgehead atoms. The summed E-state index contributed by atoms with van der Waals surface area (Å²) in [6.07, 6.45) is 0. The molecule has 3 aromatic carbocycles. The van der Waals surface area contributed by atoms with Crippen molar-refractivity contribution in [3.63, 3.8) is 0 Å². The Morgan fingerprint density at radius 2 is 1.93 bits per heavy atom. The van der Waals surface area contributed by atoms with Crippen LogP contribution in [0.1, 0.15) is 24.0 Å². The summed E-state index contributed by atoms with van der Waals surface area (Å²) < 4.78 is 6.32. The standard InChI is InChI=1S/C22H22BrN3O/c1-14-13-26(22(24)25-12-15-6-8-16(27-2)9-7-15)20-11-10-17-18(21(14)20)4-3-5-19(17)23/h3-11,14H,12-13H2,1-2H3,(H2,24,25). The number of nitrogens with two attached hydrogens (primary N) is 1. The summed E-state index contributed by atoms with van der Waals surface area (Å²) >= 11 is 3.66. The quantitative estimate of drug-likeness (QED) is 0.473. The van der Waals surface area contributed by atoms with Crippen molar-refractivity contribution in [1.29, 1.82) is 0 Å². The molecule has 0 spiro atoms. The number of aliphatic imine (C=N–C) groups is 1. The van der Waals surface area contributed by atoms with Crippen LogP contribution in [0, 0.1) is 0 Å². The zero-order valence-corrected chi connectivity index (χ0v) is 17.0. The summed E-state index contributed by atoms with van der Waals surface area (Å²) in [5.41, 5.74) is 9.98. The lowest BCUT2D eigenvalue weighted by atomic mass is 9.96. The SMILES string of the molecule is COc1ccc(CN=C(N)N2CC(C)c3c2ccc2c(Br)cccc32)cc1. The molecule has 0 aromatic heterocycles. The lowest BCUT2D eigenvalue weighted by molar-refractivity contribution is 0.414. The summed E-state index contributed by atoms with van der Waals surface area (Å²) in [7, 11) is 1.67. The first-order chi connectivity index (χ1) is 13.1. The molecule has 0 fully saturated rings. The van der Waals surface area contributed by atoms with Crippen LogP contribution in [0.3, 0.4) is 0 Å². The molecule has 4 nitrogen and oxygen atoms in total. The van der Waals surface area contributed by atoms with Gasteiger partial charge < -0.3 is 15.4 Å². The Hall–Kier alpha value is -2.53. The largest absolute Gasteiger partial charge is 0.497 e. The van der Waals surface area contributed by atoms with Gasteiger partial charge in [0.05, 0.1) is 13.7 Å². The van der Waals surface area contributed by atoms with Crippen molar-refractivity contribution in [2.75, 3.05) is 18.6 Å². The van der Waals surface area contributed by atoms with Crippen LogP contribution in [-0.2, 0) is 6.54 Å². The number of benzene rings is 3. The number of nitrogens with zero attached hydrogens (tertiary/aromatic N) is 2. The number of rotatable bonds is 3. The fourth-order valence-corrected chi connectivity index (χ4v) is 4.25. The highest BCUT2D eigenvalue weighted by Gasteiger charge is 2.29. The summed E-state index contributed by atoms with van der Waals surface area (Å²) in [6.45, 7) is 3.64. The molecule has 2 N–H and O–H groups in total. The van der Waals surface area contributed by atoms with Crippen molar-refractivity contribution in [1.82, 2.24) is 0 Å². The van der Waals surface area contributed by atoms with Gasteiger partial charge in [0.1, 0.15) is 5.75 Å². The number of halogens is 1. The van der Waals surface area contributed by atoms with E-state index in [0.29, 0.717) is 18.4 Å². The molecular formula is C22H22BrN3O. The average molecular weight is 424 g/mol. The monoisotopic (exact) mass is 423 g/mol. The molecule has 1 atom stereocenters. The van der Waals surface area contributed by atoms with Crippen molar-refractivity contribution in [3.8, 4) is 5.75 Å². The number of ether oxygens (including phenoxy) is 1. The fourth-order valence-electron chi connectivity index (χ4n) is 3.75. The van der Waals surface area contributed by atoms with Crippen LogP contribution >= 0.6 is 15.9 Å². The lowest BCUT2D eigenvalue weighted by Crippen LogP contribution is -2.36. The average Bonchev–Trinajstić information content (AvgIpc) is 3.04. The molecule has 3 aromatic rings. The molecule has 1 unspecified atom stereocenters. The second kappa shape index (κ2) is 7.24. The van der Waals surface area contributed by atoms with Gasteiger partial charge in [-0.3, -0.25) is 0 Å². The number of methoxy groups -OCH3 is 1. The molecule has 138 valence electrons. The minimum atomic E-state index is 0.396. The van der Waals surface area contributed by atoms with Crippen molar-refractivity contribution < 1.29 is 4.74 Å². The summed E-state index contributed by atoms with van der Waals surface area (Å²) in [5, 5.41) is 2.51. The molecule has 1 aliphatic heterocycles. The Morgan fingerprint density at radius 1 is 1.15 bits per heavy atom. The molecule has 0 saturated heterocycles. The van der Waals surface area contributed by atoms with E-state index < -0.39 is 0 Å². The van der Waals surface area contributed by atoms with E-state index in [0.717, 1.165) is 28.0 Å². The summed E-state index contributed by atoms with van der Waals surface area (Å²) in [4.78, 5) is 6.76. The maximum Gasteiger partial charge on any atom is 0.196 e. The van der Waals surface area contributed by atoms with Crippen LogP contribution in [0.25, 0.3) is 10.8 Å². The zero-order valence-electron chi connectivity index (χ0n) is 15.4. The van der Waals surface area contributed by atoms with Gasteiger partial charge in [-0.1, -0.05) is 53.2 Å². The number of hydrogen-bond donors (Lipinski definition) is 1. The summed E-state index contributed by atoms with van der Waals surface area (Å²) in [6, 6.07) is 18.6. The Labute approximate surface area is 167 Å². The van der Waals surface area contributed by atoms with E-state index in [2.05, 4.69) is 63.1 Å². The van der Waals surface area contributed by atoms with Crippen molar-refractivity contribution in [2.45, 2.75) is 19.4 Å². The third-order valence-corrected chi connectivity index (χ3v) is 5.82. The number of guanidine groups is 1. The first kappa shape index (κ1) is 17.9. The van der Waals surface area contributed by atoms with E-state index >= 15 is 0 Å². The van der Waals surface area contributed by atoms with Gasteiger partial charge in [-0.05, 0) is 46.2 Å². The molecule has 4 rings (SSSR count). The molecule has 5 heteroatoms. The van der Waals surface area contributed by atoms with Crippen LogP contribution in [0.2, 0.25) is 0 Å². The smallest absolute Gasteiger partial charge is 0.196 e. The predicted molar refractivity (Wildman–Crippen MR) is 116 cm³/mol. The highest BCUT2D eigenvalue weighted by Crippen LogP contribution is 2.42. The molecule has 1 heterocycles. The van der Waals surface area contributed by atoms with Crippen LogP contribution in [0.4, 0.5) is 5.69 Å². The minimum Gasteiger partial charge on any atom is -0.497 e. The molecule has 0 saturated carbocycles. The van der Waals surface area contributed by atoms with Gasteiger partial charge in [-0.25, -0.2) is 4.99 Å². The van der Waals surface area contributed by atoms with Crippen LogP contribution in [-0.4, -0.2) is 19.6 Å². The van der Waals surface area contributed by atoms with E-state index in [1.165, 1.54) is 16.3 Å². The van der Waals surface area contributed by atoms with E-state index in [-0.39, 0.29) is 0 Å². The zero-order chi connectivity index (χ0) is 19.0. The van der Waals surface area contributed by atoms with Crippen molar-refractivity contribution >= 4 is 38.3 Å². The molecule has 0 amide bonds. The Morgan fingerprint density at radius 3 is 2.67 bits per heavy atom. The van der Waals surface area contributed by atoms with Crippen molar-refractivity contribution in [3.05, 3.63) is 70.2 Å². The maximum atomic E-state index is 6.38. The normalized spacial score (nSPS) is 16.6. The van der Waals surface area contributed by atoms with Gasteiger partial charge in [0.2, 0.25) is 0 Å². The lowest BCUT2D eigenvalue weighted by Gasteiger charge is -2.19. The number of fused-ring (bicyclic) bond motifs is 3. The van der Waals surface area contributed by atoms with Gasteiger partial charge in [-0.15, -0.1) is 0 Å². The van der Waals surface area contributed by atoms with Gasteiger partial charge in [-0.2, -0.15) is 0 Å². The highest BCUT2D eigenvalue weighted by atomic mass is 79.9. The molecule has 1 aliphatic rings. The minimum absolute atomic E-state index is 0.396. The maximum absolute atomic E-state index is 6.38. The molecule has 27 heavy (non-hydrogen) atoms. The summed E-state index contributed by atoms with van der Waals surface area (Å²) in [5.74, 6) is 1.80. The first-order valence-corrected chi connectivity index (χ1v) is 9.79. The predicted octanol–water partition coefficient (Wildman–Crippen LogP) is 5.05. The van der Waals surface area contributed by atoms with E-state index in [1.54, 1.807) is 7.11 Å². The molecular weight excluding hydrogens is 402 g/mol. The van der Waals surface area contributed by atoms with Crippen LogP contribution in [0.15, 0.2) is 64.1 Å². The van der Waals surface area contributed by atoms with Crippen LogP contribution in [0.5, 0.6) is 5.75 Å². The first-order valence-electron chi connectivity index (χ1n) is 9.00. The second-order valence-corrected chi connectivity index (χ2v) is 7.72. The van der Waals surface area contributed by atoms with E-state index in [4.69, 9.17) is 10.5 Å². The fraction of sp³-hybridized carbons (Fsp3) is 0.227. The van der Waals surface area contributed by atoms with E-state index in [9.17, 15) is 0 Å². The van der Waals surface area contributed by atoms with Gasteiger partial charge in [0, 0.05) is 22.6 Å². The second-order valence-electron chi connectivity index (χ2n) is 6.87. The van der Waals surface area contributed by atoms with E-state index in [1.807, 2.05) is 24.3 Å². The molecule has 0 radical (unpaired) electrons. The Kier molecular flexibility index (Phi) is 4.79. The third kappa shape index (κ3) is 3.28. The van der Waals surface area contributed by atoms with Crippen molar-refractivity contribution in [2.24, 2.45) is 10.7 Å². The molecule has 0 aliphatic carbocycles. The Balaban J connectivity index is 1.64. The number of hydrogen-bond acceptors (Lipinski definition) is 2. The third-order valence-electron chi connectivity index (χ3n) is 5.13. The van der Waals surface area contributed by atoms with Gasteiger partial charge in [0.25, 0.3) is 0 Å². The van der Waals surface area contributed by atoms with Crippen LogP contribution < -0.4 is 15.4 Å². The van der Waals surface area contributed by atoms with Gasteiger partial charge >= 0.3 is 0 Å². The number of anilines is 1.